The summed E-state index contributed by atoms with van der Waals surface area (Å²) >= 11 is 9.01. The second kappa shape index (κ2) is 6.16. The molecule has 0 atom stereocenters. The second-order valence-electron chi connectivity index (χ2n) is 3.66. The SMILES string of the molecule is Fc1ccc(COc2ccc(CBr)nc2)cc1Cl. The van der Waals surface area contributed by atoms with Gasteiger partial charge in [-0.2, -0.15) is 0 Å². The lowest BCUT2D eigenvalue weighted by molar-refractivity contribution is 0.304. The molecule has 0 unspecified atom stereocenters. The molecule has 2 nitrogen and oxygen atoms in total. The summed E-state index contributed by atoms with van der Waals surface area (Å²) in [7, 11) is 0. The van der Waals surface area contributed by atoms with Crippen LogP contribution in [0.2, 0.25) is 5.02 Å². The molecule has 2 rings (SSSR count). The van der Waals surface area contributed by atoms with Crippen LogP contribution in [-0.2, 0) is 11.9 Å². The Morgan fingerprint density at radius 2 is 2.11 bits per heavy atom. The molecule has 0 radical (unpaired) electrons. The molecular formula is C13H10BrClFNO. The molecule has 0 saturated carbocycles. The van der Waals surface area contributed by atoms with Gasteiger partial charge in [-0.15, -0.1) is 0 Å². The van der Waals surface area contributed by atoms with Gasteiger partial charge in [0.25, 0.3) is 0 Å². The van der Waals surface area contributed by atoms with E-state index in [0.717, 1.165) is 11.3 Å². The number of hydrogen-bond acceptors (Lipinski definition) is 2. The largest absolute Gasteiger partial charge is 0.487 e. The van der Waals surface area contributed by atoms with E-state index in [0.29, 0.717) is 17.7 Å². The fraction of sp³-hybridized carbons (Fsp3) is 0.154. The minimum absolute atomic E-state index is 0.101. The molecule has 0 aliphatic heterocycles. The second-order valence-corrected chi connectivity index (χ2v) is 4.62. The first-order chi connectivity index (χ1) is 8.69. The molecule has 0 amide bonds. The number of pyridine rings is 1. The van der Waals surface area contributed by atoms with E-state index in [1.165, 1.54) is 6.07 Å². The van der Waals surface area contributed by atoms with Crippen molar-refractivity contribution in [2.45, 2.75) is 11.9 Å². The highest BCUT2D eigenvalue weighted by atomic mass is 79.9. The van der Waals surface area contributed by atoms with Crippen LogP contribution in [0, 0.1) is 5.82 Å². The minimum Gasteiger partial charge on any atom is -0.487 e. The van der Waals surface area contributed by atoms with E-state index in [-0.39, 0.29) is 5.02 Å². The molecule has 0 bridgehead atoms. The molecule has 18 heavy (non-hydrogen) atoms. The molecule has 0 N–H and O–H groups in total. The first-order valence-corrected chi connectivity index (χ1v) is 6.76. The third kappa shape index (κ3) is 3.43. The van der Waals surface area contributed by atoms with Crippen molar-refractivity contribution in [3.63, 3.8) is 0 Å². The van der Waals surface area contributed by atoms with Crippen molar-refractivity contribution in [3.8, 4) is 5.75 Å². The van der Waals surface area contributed by atoms with Gasteiger partial charge >= 0.3 is 0 Å². The standard InChI is InChI=1S/C13H10BrClFNO/c14-6-10-2-3-11(7-17-10)18-8-9-1-4-13(16)12(15)5-9/h1-5,7H,6,8H2. The molecule has 0 aliphatic carbocycles. The quantitative estimate of drug-likeness (QED) is 0.778. The third-order valence-corrected chi connectivity index (χ3v) is 3.19. The van der Waals surface area contributed by atoms with Crippen LogP contribution in [0.3, 0.4) is 0 Å². The minimum atomic E-state index is -0.427. The molecule has 5 heteroatoms. The van der Waals surface area contributed by atoms with Crippen LogP contribution in [0.1, 0.15) is 11.3 Å². The number of halogens is 3. The average Bonchev–Trinajstić information content (AvgIpc) is 2.41. The highest BCUT2D eigenvalue weighted by Crippen LogP contribution is 2.18. The zero-order valence-corrected chi connectivity index (χ0v) is 11.7. The summed E-state index contributed by atoms with van der Waals surface area (Å²) < 4.78 is 18.5. The van der Waals surface area contributed by atoms with Crippen molar-refractivity contribution in [1.82, 2.24) is 4.98 Å². The van der Waals surface area contributed by atoms with E-state index < -0.39 is 5.82 Å². The summed E-state index contributed by atoms with van der Waals surface area (Å²) in [6, 6.07) is 8.24. The maximum absolute atomic E-state index is 13.0. The van der Waals surface area contributed by atoms with E-state index in [9.17, 15) is 4.39 Å². The maximum atomic E-state index is 13.0. The summed E-state index contributed by atoms with van der Waals surface area (Å²) in [5.41, 5.74) is 1.75. The average molecular weight is 331 g/mol. The lowest BCUT2D eigenvalue weighted by Gasteiger charge is -2.07. The van der Waals surface area contributed by atoms with Gasteiger partial charge in [0, 0.05) is 5.33 Å². The Hall–Kier alpha value is -1.13. The summed E-state index contributed by atoms with van der Waals surface area (Å²) in [4.78, 5) is 4.18. The summed E-state index contributed by atoms with van der Waals surface area (Å²) in [5.74, 6) is 0.240. The van der Waals surface area contributed by atoms with E-state index in [2.05, 4.69) is 20.9 Å². The number of rotatable bonds is 4. The van der Waals surface area contributed by atoms with Crippen LogP contribution < -0.4 is 4.74 Å². The summed E-state index contributed by atoms with van der Waals surface area (Å²) in [6.45, 7) is 0.329. The van der Waals surface area contributed by atoms with Crippen LogP contribution in [0.4, 0.5) is 4.39 Å². The summed E-state index contributed by atoms with van der Waals surface area (Å²) in [5, 5.41) is 0.810. The van der Waals surface area contributed by atoms with Gasteiger partial charge in [-0.05, 0) is 29.8 Å². The molecular weight excluding hydrogens is 321 g/mol. The van der Waals surface area contributed by atoms with Crippen molar-refractivity contribution in [2.75, 3.05) is 0 Å². The van der Waals surface area contributed by atoms with Gasteiger partial charge in [0.1, 0.15) is 18.2 Å². The van der Waals surface area contributed by atoms with Crippen LogP contribution in [-0.4, -0.2) is 4.98 Å². The molecule has 0 spiro atoms. The first-order valence-electron chi connectivity index (χ1n) is 5.26. The predicted octanol–water partition coefficient (Wildman–Crippen LogP) is 4.35. The zero-order chi connectivity index (χ0) is 13.0. The molecule has 94 valence electrons. The highest BCUT2D eigenvalue weighted by molar-refractivity contribution is 9.08. The fourth-order valence-corrected chi connectivity index (χ4v) is 1.91. The maximum Gasteiger partial charge on any atom is 0.141 e. The number of nitrogens with zero attached hydrogens (tertiary/aromatic N) is 1. The number of alkyl halides is 1. The Morgan fingerprint density at radius 3 is 2.72 bits per heavy atom. The van der Waals surface area contributed by atoms with Gasteiger partial charge in [0.2, 0.25) is 0 Å². The van der Waals surface area contributed by atoms with Crippen LogP contribution in [0.15, 0.2) is 36.5 Å². The highest BCUT2D eigenvalue weighted by Gasteiger charge is 2.02. The number of aromatic nitrogens is 1. The molecule has 0 saturated heterocycles. The molecule has 0 fully saturated rings. The fourth-order valence-electron chi connectivity index (χ4n) is 1.37. The lowest BCUT2D eigenvalue weighted by atomic mass is 10.2. The van der Waals surface area contributed by atoms with Crippen molar-refractivity contribution < 1.29 is 9.13 Å². The predicted molar refractivity (Wildman–Crippen MR) is 72.6 cm³/mol. The number of ether oxygens (including phenoxy) is 1. The van der Waals surface area contributed by atoms with Crippen LogP contribution >= 0.6 is 27.5 Å². The smallest absolute Gasteiger partial charge is 0.141 e. The first kappa shape index (κ1) is 13.3. The molecule has 1 aromatic heterocycles. The summed E-state index contributed by atoms with van der Waals surface area (Å²) in [6.07, 6.45) is 1.65. The van der Waals surface area contributed by atoms with Gasteiger partial charge < -0.3 is 4.74 Å². The number of benzene rings is 1. The Morgan fingerprint density at radius 1 is 1.28 bits per heavy atom. The van der Waals surface area contributed by atoms with Gasteiger partial charge in [-0.25, -0.2) is 4.39 Å². The van der Waals surface area contributed by atoms with Crippen molar-refractivity contribution >= 4 is 27.5 Å². The molecule has 1 aromatic carbocycles. The Bertz CT molecular complexity index is 533. The lowest BCUT2D eigenvalue weighted by Crippen LogP contribution is -1.97. The zero-order valence-electron chi connectivity index (χ0n) is 9.37. The molecule has 2 aromatic rings. The van der Waals surface area contributed by atoms with E-state index in [1.54, 1.807) is 18.3 Å². The Kier molecular flexibility index (Phi) is 4.55. The molecule has 1 heterocycles. The monoisotopic (exact) mass is 329 g/mol. The van der Waals surface area contributed by atoms with E-state index in [1.807, 2.05) is 12.1 Å². The third-order valence-electron chi connectivity index (χ3n) is 2.32. The van der Waals surface area contributed by atoms with Gasteiger partial charge in [-0.3, -0.25) is 4.98 Å². The van der Waals surface area contributed by atoms with Crippen LogP contribution in [0.25, 0.3) is 0 Å². The Balaban J connectivity index is 1.99. The normalized spacial score (nSPS) is 10.4. The van der Waals surface area contributed by atoms with Gasteiger partial charge in [-0.1, -0.05) is 33.6 Å². The van der Waals surface area contributed by atoms with E-state index in [4.69, 9.17) is 16.3 Å². The topological polar surface area (TPSA) is 22.1 Å². The van der Waals surface area contributed by atoms with Crippen molar-refractivity contribution in [3.05, 3.63) is 58.6 Å². The van der Waals surface area contributed by atoms with Crippen molar-refractivity contribution in [1.29, 1.82) is 0 Å². The van der Waals surface area contributed by atoms with Gasteiger partial charge in [0.15, 0.2) is 0 Å². The number of hydrogen-bond donors (Lipinski definition) is 0. The molecule has 0 aliphatic rings. The van der Waals surface area contributed by atoms with Crippen LogP contribution in [0.5, 0.6) is 5.75 Å². The van der Waals surface area contributed by atoms with E-state index >= 15 is 0 Å². The van der Waals surface area contributed by atoms with Crippen molar-refractivity contribution in [2.24, 2.45) is 0 Å². The Labute approximate surface area is 118 Å². The van der Waals surface area contributed by atoms with Gasteiger partial charge in [0.05, 0.1) is 16.9 Å².